The second kappa shape index (κ2) is 5.64. The van der Waals surface area contributed by atoms with Crippen molar-refractivity contribution in [1.29, 1.82) is 0 Å². The van der Waals surface area contributed by atoms with Crippen LogP contribution in [0, 0.1) is 23.4 Å². The Kier molecular flexibility index (Phi) is 4.24. The number of rotatable bonds is 4. The van der Waals surface area contributed by atoms with E-state index in [1.165, 1.54) is 0 Å². The van der Waals surface area contributed by atoms with Crippen molar-refractivity contribution in [2.45, 2.75) is 30.2 Å². The fourth-order valence-electron chi connectivity index (χ4n) is 2.38. The molecule has 5 nitrogen and oxygen atoms in total. The molecule has 1 aromatic carbocycles. The lowest BCUT2D eigenvalue weighted by Crippen LogP contribution is -2.40. The summed E-state index contributed by atoms with van der Waals surface area (Å²) in [5.74, 6) is -7.30. The number of hydrogen-bond acceptors (Lipinski definition) is 3. The fourth-order valence-corrected chi connectivity index (χ4v) is 3.76. The van der Waals surface area contributed by atoms with Crippen molar-refractivity contribution in [3.63, 3.8) is 0 Å². The van der Waals surface area contributed by atoms with Crippen LogP contribution < -0.4 is 4.72 Å². The molecule has 1 aliphatic rings. The Morgan fingerprint density at radius 3 is 2.48 bits per heavy atom. The zero-order chi connectivity index (χ0) is 15.8. The average molecular weight is 323 g/mol. The Balaban J connectivity index is 2.31. The summed E-state index contributed by atoms with van der Waals surface area (Å²) < 4.78 is 65.5. The third-order valence-corrected chi connectivity index (χ3v) is 4.94. The van der Waals surface area contributed by atoms with E-state index >= 15 is 0 Å². The van der Waals surface area contributed by atoms with Gasteiger partial charge in [-0.05, 0) is 25.0 Å². The van der Waals surface area contributed by atoms with Gasteiger partial charge in [0.05, 0.1) is 5.92 Å². The van der Waals surface area contributed by atoms with E-state index in [9.17, 15) is 26.4 Å². The van der Waals surface area contributed by atoms with Crippen LogP contribution in [0.5, 0.6) is 0 Å². The molecule has 21 heavy (non-hydrogen) atoms. The van der Waals surface area contributed by atoms with E-state index in [1.54, 1.807) is 0 Å². The van der Waals surface area contributed by atoms with Crippen molar-refractivity contribution in [1.82, 2.24) is 4.72 Å². The Morgan fingerprint density at radius 1 is 1.19 bits per heavy atom. The van der Waals surface area contributed by atoms with Crippen LogP contribution in [0.15, 0.2) is 17.0 Å². The van der Waals surface area contributed by atoms with Crippen LogP contribution >= 0.6 is 0 Å². The molecule has 2 rings (SSSR count). The first-order chi connectivity index (χ1) is 9.74. The fraction of sp³-hybridized carbons (Fsp3) is 0.417. The molecule has 0 spiro atoms. The predicted molar refractivity (Wildman–Crippen MR) is 65.4 cm³/mol. The molecule has 2 atom stereocenters. The van der Waals surface area contributed by atoms with Crippen LogP contribution in [0.1, 0.15) is 19.3 Å². The van der Waals surface area contributed by atoms with Crippen LogP contribution in [0.4, 0.5) is 13.2 Å². The first kappa shape index (κ1) is 15.8. The lowest BCUT2D eigenvalue weighted by atomic mass is 10.1. The first-order valence-electron chi connectivity index (χ1n) is 6.12. The van der Waals surface area contributed by atoms with Crippen molar-refractivity contribution in [3.05, 3.63) is 29.6 Å². The highest BCUT2D eigenvalue weighted by molar-refractivity contribution is 7.89. The molecule has 1 aromatic rings. The van der Waals surface area contributed by atoms with Gasteiger partial charge in [0.1, 0.15) is 4.90 Å². The highest BCUT2D eigenvalue weighted by atomic mass is 32.2. The number of carbonyl (C=O) groups is 1. The second-order valence-corrected chi connectivity index (χ2v) is 6.46. The molecule has 1 fully saturated rings. The molecule has 1 saturated carbocycles. The van der Waals surface area contributed by atoms with Gasteiger partial charge in [0, 0.05) is 6.04 Å². The number of carboxylic acid groups (broad SMARTS) is 1. The molecule has 0 aliphatic heterocycles. The Bertz CT molecular complexity index is 677. The summed E-state index contributed by atoms with van der Waals surface area (Å²) in [5.41, 5.74) is 0. The Labute approximate surface area is 118 Å². The van der Waals surface area contributed by atoms with E-state index in [4.69, 9.17) is 5.11 Å². The van der Waals surface area contributed by atoms with Crippen molar-refractivity contribution >= 4 is 16.0 Å². The topological polar surface area (TPSA) is 83.5 Å². The summed E-state index contributed by atoms with van der Waals surface area (Å²) in [7, 11) is -4.48. The maximum absolute atomic E-state index is 13.5. The van der Waals surface area contributed by atoms with E-state index in [1.807, 2.05) is 0 Å². The zero-order valence-electron chi connectivity index (χ0n) is 10.6. The molecular weight excluding hydrogens is 311 g/mol. The summed E-state index contributed by atoms with van der Waals surface area (Å²) in [6.07, 6.45) is 1.08. The number of carboxylic acids is 1. The molecule has 2 N–H and O–H groups in total. The quantitative estimate of drug-likeness (QED) is 0.825. The lowest BCUT2D eigenvalue weighted by molar-refractivity contribution is -0.141. The number of halogens is 3. The van der Waals surface area contributed by atoms with Gasteiger partial charge in [-0.15, -0.1) is 0 Å². The van der Waals surface area contributed by atoms with E-state index in [-0.39, 0.29) is 6.42 Å². The van der Waals surface area contributed by atoms with Gasteiger partial charge in [0.2, 0.25) is 10.0 Å². The Morgan fingerprint density at radius 2 is 1.86 bits per heavy atom. The molecular formula is C12H12F3NO4S. The molecule has 2 unspecified atom stereocenters. The van der Waals surface area contributed by atoms with Gasteiger partial charge in [-0.2, -0.15) is 0 Å². The SMILES string of the molecule is O=C(O)C1CCCC1NS(=O)(=O)c1ccc(F)c(F)c1F. The third kappa shape index (κ3) is 3.03. The van der Waals surface area contributed by atoms with E-state index in [2.05, 4.69) is 4.72 Å². The molecule has 1 aliphatic carbocycles. The van der Waals surface area contributed by atoms with Crippen molar-refractivity contribution in [3.8, 4) is 0 Å². The van der Waals surface area contributed by atoms with Gasteiger partial charge in [-0.25, -0.2) is 26.3 Å². The predicted octanol–water partition coefficient (Wildman–Crippen LogP) is 1.64. The van der Waals surface area contributed by atoms with E-state index in [0.29, 0.717) is 25.0 Å². The third-order valence-electron chi connectivity index (χ3n) is 3.43. The minimum Gasteiger partial charge on any atom is -0.481 e. The summed E-state index contributed by atoms with van der Waals surface area (Å²) in [5, 5.41) is 8.97. The van der Waals surface area contributed by atoms with Crippen molar-refractivity contribution in [2.24, 2.45) is 5.92 Å². The maximum Gasteiger partial charge on any atom is 0.308 e. The maximum atomic E-state index is 13.5. The van der Waals surface area contributed by atoms with Crippen LogP contribution in [0.3, 0.4) is 0 Å². The minimum atomic E-state index is -4.48. The molecule has 0 amide bonds. The lowest BCUT2D eigenvalue weighted by Gasteiger charge is -2.18. The summed E-state index contributed by atoms with van der Waals surface area (Å²) in [6.45, 7) is 0. The summed E-state index contributed by atoms with van der Waals surface area (Å²) >= 11 is 0. The molecule has 0 bridgehead atoms. The number of nitrogens with one attached hydrogen (secondary N) is 1. The second-order valence-electron chi connectivity index (χ2n) is 4.78. The van der Waals surface area contributed by atoms with Gasteiger partial charge >= 0.3 is 5.97 Å². The molecule has 0 radical (unpaired) electrons. The van der Waals surface area contributed by atoms with Crippen molar-refractivity contribution < 1.29 is 31.5 Å². The summed E-state index contributed by atoms with van der Waals surface area (Å²) in [6, 6.07) is 0.192. The van der Waals surface area contributed by atoms with Gasteiger partial charge < -0.3 is 5.11 Å². The van der Waals surface area contributed by atoms with Crippen LogP contribution in [0.25, 0.3) is 0 Å². The van der Waals surface area contributed by atoms with E-state index < -0.39 is 50.3 Å². The number of benzene rings is 1. The number of sulfonamides is 1. The molecule has 116 valence electrons. The smallest absolute Gasteiger partial charge is 0.308 e. The normalized spacial score (nSPS) is 22.4. The molecule has 9 heteroatoms. The largest absolute Gasteiger partial charge is 0.481 e. The first-order valence-corrected chi connectivity index (χ1v) is 7.61. The van der Waals surface area contributed by atoms with E-state index in [0.717, 1.165) is 0 Å². The number of aliphatic carboxylic acids is 1. The van der Waals surface area contributed by atoms with Gasteiger partial charge in [-0.3, -0.25) is 4.79 Å². The minimum absolute atomic E-state index is 0.279. The highest BCUT2D eigenvalue weighted by Crippen LogP contribution is 2.28. The van der Waals surface area contributed by atoms with Gasteiger partial charge in [0.25, 0.3) is 0 Å². The highest BCUT2D eigenvalue weighted by Gasteiger charge is 2.37. The van der Waals surface area contributed by atoms with Crippen molar-refractivity contribution in [2.75, 3.05) is 0 Å². The monoisotopic (exact) mass is 323 g/mol. The van der Waals surface area contributed by atoms with Crippen LogP contribution in [0.2, 0.25) is 0 Å². The average Bonchev–Trinajstić information content (AvgIpc) is 2.83. The standard InChI is InChI=1S/C12H12F3NO4S/c13-7-4-5-9(11(15)10(7)14)21(19,20)16-8-3-1-2-6(8)12(17)18/h4-6,8,16H,1-3H2,(H,17,18). The molecule has 0 saturated heterocycles. The Hall–Kier alpha value is -1.61. The van der Waals surface area contributed by atoms with Crippen LogP contribution in [-0.2, 0) is 14.8 Å². The summed E-state index contributed by atoms with van der Waals surface area (Å²) in [4.78, 5) is 9.94. The molecule has 0 heterocycles. The number of hydrogen-bond donors (Lipinski definition) is 2. The van der Waals surface area contributed by atoms with Gasteiger partial charge in [0.15, 0.2) is 17.5 Å². The van der Waals surface area contributed by atoms with Gasteiger partial charge in [-0.1, -0.05) is 6.42 Å². The van der Waals surface area contributed by atoms with Crippen LogP contribution in [-0.4, -0.2) is 25.5 Å². The molecule has 0 aromatic heterocycles. The zero-order valence-corrected chi connectivity index (χ0v) is 11.5.